The average Bonchev–Trinajstić information content (AvgIpc) is 3.19. The molecule has 0 aliphatic carbocycles. The van der Waals surface area contributed by atoms with Crippen molar-refractivity contribution in [3.05, 3.63) is 70.3 Å². The lowest BCUT2D eigenvalue weighted by Gasteiger charge is -2.07. The Labute approximate surface area is 141 Å². The average molecular weight is 369 g/mol. The first kappa shape index (κ1) is 16.8. The minimum atomic E-state index is -3.79. The molecular formula is C16H13F2NO3S2. The normalized spacial score (nSPS) is 11.8. The molecule has 0 bridgehead atoms. The molecule has 2 aromatic heterocycles. The Morgan fingerprint density at radius 2 is 1.96 bits per heavy atom. The largest absolute Gasteiger partial charge is 0.472 e. The molecule has 24 heavy (non-hydrogen) atoms. The number of sulfonamides is 1. The SMILES string of the molecule is O=S(=O)(Cc1cc(F)ccc1F)NCc1cc(-c2ccoc2)cs1. The van der Waals surface area contributed by atoms with Crippen LogP contribution in [-0.4, -0.2) is 8.42 Å². The second-order valence-corrected chi connectivity index (χ2v) is 7.93. The molecule has 0 fully saturated rings. The fourth-order valence-electron chi connectivity index (χ4n) is 2.14. The summed E-state index contributed by atoms with van der Waals surface area (Å²) in [6.45, 7) is 0.0851. The summed E-state index contributed by atoms with van der Waals surface area (Å²) in [5.41, 5.74) is 1.63. The molecule has 3 rings (SSSR count). The maximum Gasteiger partial charge on any atom is 0.216 e. The highest BCUT2D eigenvalue weighted by Crippen LogP contribution is 2.26. The monoisotopic (exact) mass is 369 g/mol. The van der Waals surface area contributed by atoms with E-state index in [-0.39, 0.29) is 12.1 Å². The Morgan fingerprint density at radius 3 is 2.71 bits per heavy atom. The lowest BCUT2D eigenvalue weighted by atomic mass is 10.2. The van der Waals surface area contributed by atoms with Crippen LogP contribution >= 0.6 is 11.3 Å². The molecule has 0 saturated heterocycles. The first-order valence-corrected chi connectivity index (χ1v) is 9.47. The van der Waals surface area contributed by atoms with Gasteiger partial charge in [0.05, 0.1) is 18.3 Å². The molecule has 0 aliphatic rings. The molecule has 0 aliphatic heterocycles. The molecule has 126 valence electrons. The van der Waals surface area contributed by atoms with Gasteiger partial charge in [-0.2, -0.15) is 0 Å². The highest BCUT2D eigenvalue weighted by Gasteiger charge is 2.16. The van der Waals surface area contributed by atoms with Gasteiger partial charge in [-0.05, 0) is 41.3 Å². The van der Waals surface area contributed by atoms with Crippen LogP contribution in [0.5, 0.6) is 0 Å². The van der Waals surface area contributed by atoms with Crippen LogP contribution in [0.1, 0.15) is 10.4 Å². The molecule has 4 nitrogen and oxygen atoms in total. The van der Waals surface area contributed by atoms with Crippen molar-refractivity contribution in [3.8, 4) is 11.1 Å². The van der Waals surface area contributed by atoms with Gasteiger partial charge in [0, 0.05) is 22.5 Å². The number of thiophene rings is 1. The van der Waals surface area contributed by atoms with Crippen LogP contribution in [-0.2, 0) is 22.3 Å². The van der Waals surface area contributed by atoms with Gasteiger partial charge in [0.1, 0.15) is 11.6 Å². The predicted octanol–water partition coefficient (Wildman–Crippen LogP) is 3.91. The van der Waals surface area contributed by atoms with E-state index in [1.54, 1.807) is 12.5 Å². The van der Waals surface area contributed by atoms with E-state index in [0.29, 0.717) is 0 Å². The molecule has 1 N–H and O–H groups in total. The van der Waals surface area contributed by atoms with Gasteiger partial charge in [-0.15, -0.1) is 11.3 Å². The van der Waals surface area contributed by atoms with Gasteiger partial charge in [-0.1, -0.05) is 0 Å². The van der Waals surface area contributed by atoms with E-state index in [9.17, 15) is 17.2 Å². The summed E-state index contributed by atoms with van der Waals surface area (Å²) in [5, 5.41) is 1.89. The van der Waals surface area contributed by atoms with Gasteiger partial charge in [-0.25, -0.2) is 21.9 Å². The molecule has 0 unspecified atom stereocenters. The van der Waals surface area contributed by atoms with Crippen LogP contribution < -0.4 is 4.72 Å². The summed E-state index contributed by atoms with van der Waals surface area (Å²) >= 11 is 1.40. The number of furan rings is 1. The molecule has 8 heteroatoms. The van der Waals surface area contributed by atoms with E-state index in [1.165, 1.54) is 11.3 Å². The highest BCUT2D eigenvalue weighted by atomic mass is 32.2. The Hall–Kier alpha value is -2.03. The standard InChI is InChI=1S/C16H13F2NO3S2/c17-14-1-2-16(18)13(5-14)10-24(20,21)19-7-15-6-12(9-23-15)11-3-4-22-8-11/h1-6,8-9,19H,7,10H2. The van der Waals surface area contributed by atoms with Gasteiger partial charge in [0.2, 0.25) is 10.0 Å². The molecule has 0 atom stereocenters. The van der Waals surface area contributed by atoms with Crippen LogP contribution in [0.3, 0.4) is 0 Å². The molecule has 3 aromatic rings. The number of nitrogens with one attached hydrogen (secondary N) is 1. The zero-order valence-corrected chi connectivity index (χ0v) is 14.0. The molecule has 0 amide bonds. The molecule has 1 aromatic carbocycles. The van der Waals surface area contributed by atoms with E-state index in [2.05, 4.69) is 4.72 Å². The summed E-state index contributed by atoms with van der Waals surface area (Å²) in [6.07, 6.45) is 3.16. The van der Waals surface area contributed by atoms with Gasteiger partial charge in [0.25, 0.3) is 0 Å². The van der Waals surface area contributed by atoms with Crippen LogP contribution in [0.15, 0.2) is 52.7 Å². The number of halogens is 2. The minimum Gasteiger partial charge on any atom is -0.472 e. The van der Waals surface area contributed by atoms with Crippen LogP contribution in [0.2, 0.25) is 0 Å². The van der Waals surface area contributed by atoms with E-state index < -0.39 is 27.4 Å². The molecule has 0 radical (unpaired) electrons. The summed E-state index contributed by atoms with van der Waals surface area (Å²) < 4.78 is 58.2. The van der Waals surface area contributed by atoms with E-state index >= 15 is 0 Å². The van der Waals surface area contributed by atoms with Crippen LogP contribution in [0.25, 0.3) is 11.1 Å². The van der Waals surface area contributed by atoms with Gasteiger partial charge in [-0.3, -0.25) is 0 Å². The van der Waals surface area contributed by atoms with Crippen LogP contribution in [0, 0.1) is 11.6 Å². The molecular weight excluding hydrogens is 356 g/mol. The summed E-state index contributed by atoms with van der Waals surface area (Å²) in [6, 6.07) is 6.40. The quantitative estimate of drug-likeness (QED) is 0.717. The van der Waals surface area contributed by atoms with Crippen molar-refractivity contribution in [2.45, 2.75) is 12.3 Å². The van der Waals surface area contributed by atoms with Crippen molar-refractivity contribution in [3.63, 3.8) is 0 Å². The fourth-order valence-corrected chi connectivity index (χ4v) is 4.18. The van der Waals surface area contributed by atoms with Crippen molar-refractivity contribution < 1.29 is 21.6 Å². The third-order valence-corrected chi connectivity index (χ3v) is 5.54. The third kappa shape index (κ3) is 4.08. The second kappa shape index (κ2) is 6.84. The number of hydrogen-bond acceptors (Lipinski definition) is 4. The minimum absolute atomic E-state index is 0.0851. The van der Waals surface area contributed by atoms with E-state index in [1.807, 2.05) is 17.5 Å². The lowest BCUT2D eigenvalue weighted by Crippen LogP contribution is -2.24. The van der Waals surface area contributed by atoms with Crippen LogP contribution in [0.4, 0.5) is 8.78 Å². The smallest absolute Gasteiger partial charge is 0.216 e. The third-order valence-electron chi connectivity index (χ3n) is 3.33. The topological polar surface area (TPSA) is 59.3 Å². The lowest BCUT2D eigenvalue weighted by molar-refractivity contribution is 0.568. The van der Waals surface area contributed by atoms with Crippen molar-refractivity contribution in [2.75, 3.05) is 0 Å². The number of benzene rings is 1. The zero-order valence-electron chi connectivity index (χ0n) is 12.3. The number of rotatable bonds is 6. The summed E-state index contributed by atoms with van der Waals surface area (Å²) in [7, 11) is -3.79. The first-order chi connectivity index (χ1) is 11.4. The Morgan fingerprint density at radius 1 is 1.12 bits per heavy atom. The van der Waals surface area contributed by atoms with Gasteiger partial charge >= 0.3 is 0 Å². The summed E-state index contributed by atoms with van der Waals surface area (Å²) in [4.78, 5) is 0.800. The van der Waals surface area contributed by atoms with E-state index in [4.69, 9.17) is 4.42 Å². The maximum atomic E-state index is 13.6. The Kier molecular flexibility index (Phi) is 4.79. The number of hydrogen-bond donors (Lipinski definition) is 1. The Bertz CT molecular complexity index is 934. The molecule has 0 saturated carbocycles. The first-order valence-electron chi connectivity index (χ1n) is 6.94. The van der Waals surface area contributed by atoms with Crippen molar-refractivity contribution in [1.82, 2.24) is 4.72 Å². The predicted molar refractivity (Wildman–Crippen MR) is 87.8 cm³/mol. The van der Waals surface area contributed by atoms with Crippen molar-refractivity contribution in [2.24, 2.45) is 0 Å². The Balaban J connectivity index is 1.66. The fraction of sp³-hybridized carbons (Fsp3) is 0.125. The van der Waals surface area contributed by atoms with Gasteiger partial charge < -0.3 is 4.42 Å². The maximum absolute atomic E-state index is 13.6. The summed E-state index contributed by atoms with van der Waals surface area (Å²) in [5.74, 6) is -2.04. The molecule has 0 spiro atoms. The second-order valence-electron chi connectivity index (χ2n) is 5.13. The van der Waals surface area contributed by atoms with E-state index in [0.717, 1.165) is 34.2 Å². The highest BCUT2D eigenvalue weighted by molar-refractivity contribution is 7.88. The molecule has 2 heterocycles. The van der Waals surface area contributed by atoms with Gasteiger partial charge in [0.15, 0.2) is 0 Å². The zero-order chi connectivity index (χ0) is 17.2. The van der Waals surface area contributed by atoms with Crippen molar-refractivity contribution in [1.29, 1.82) is 0 Å². The van der Waals surface area contributed by atoms with Crippen molar-refractivity contribution >= 4 is 21.4 Å².